The van der Waals surface area contributed by atoms with Crippen LogP contribution < -0.4 is 15.5 Å². The lowest BCUT2D eigenvalue weighted by atomic mass is 10.1. The van der Waals surface area contributed by atoms with Gasteiger partial charge in [-0.2, -0.15) is 11.8 Å². The summed E-state index contributed by atoms with van der Waals surface area (Å²) in [4.78, 5) is 37.5. The molecule has 136 valence electrons. The summed E-state index contributed by atoms with van der Waals surface area (Å²) in [5.74, 6) is 0.476. The number of carbonyl (C=O) groups is 3. The lowest BCUT2D eigenvalue weighted by Gasteiger charge is -2.20. The Kier molecular flexibility index (Phi) is 6.87. The Labute approximate surface area is 152 Å². The minimum atomic E-state index is -0.551. The summed E-state index contributed by atoms with van der Waals surface area (Å²) in [7, 11) is 0. The van der Waals surface area contributed by atoms with E-state index in [9.17, 15) is 14.4 Å². The molecule has 0 spiro atoms. The molecule has 0 aliphatic carbocycles. The zero-order chi connectivity index (χ0) is 18.4. The Bertz CT molecular complexity index is 663. The van der Waals surface area contributed by atoms with Crippen LogP contribution >= 0.6 is 11.8 Å². The number of hydrogen-bond donors (Lipinski definition) is 2. The Balaban J connectivity index is 2.07. The van der Waals surface area contributed by atoms with Crippen LogP contribution in [0.5, 0.6) is 0 Å². The van der Waals surface area contributed by atoms with Crippen molar-refractivity contribution in [2.24, 2.45) is 0 Å². The standard InChI is InChI=1S/C18H25N3O3S/c1-12-11-14(6-7-16(12)21-9-4-5-17(21)23)20-18(24)15(8-10-25-3)19-13(2)22/h6-7,11,15H,4-5,8-10H2,1-3H3,(H,19,22)(H,20,24)/t15-/m0/s1. The number of nitrogens with zero attached hydrogens (tertiary/aromatic N) is 1. The zero-order valence-electron chi connectivity index (χ0n) is 14.9. The van der Waals surface area contributed by atoms with Crippen LogP contribution in [-0.4, -0.2) is 42.3 Å². The molecule has 3 amide bonds. The number of anilines is 2. The van der Waals surface area contributed by atoms with Gasteiger partial charge in [-0.15, -0.1) is 0 Å². The summed E-state index contributed by atoms with van der Waals surface area (Å²) in [6.07, 6.45) is 4.01. The van der Waals surface area contributed by atoms with Crippen molar-refractivity contribution in [2.75, 3.05) is 28.8 Å². The molecule has 1 fully saturated rings. The molecule has 2 rings (SSSR count). The average molecular weight is 363 g/mol. The number of hydrogen-bond acceptors (Lipinski definition) is 4. The molecule has 1 saturated heterocycles. The van der Waals surface area contributed by atoms with Gasteiger partial charge in [-0.25, -0.2) is 0 Å². The largest absolute Gasteiger partial charge is 0.345 e. The quantitative estimate of drug-likeness (QED) is 0.779. The molecular formula is C18H25N3O3S. The molecule has 7 heteroatoms. The minimum absolute atomic E-state index is 0.141. The van der Waals surface area contributed by atoms with Gasteiger partial charge in [0, 0.05) is 31.3 Å². The van der Waals surface area contributed by atoms with E-state index in [1.165, 1.54) is 6.92 Å². The molecule has 2 N–H and O–H groups in total. The molecule has 0 aromatic heterocycles. The van der Waals surface area contributed by atoms with Gasteiger partial charge in [0.1, 0.15) is 6.04 Å². The first kappa shape index (κ1) is 19.3. The highest BCUT2D eigenvalue weighted by Gasteiger charge is 2.23. The van der Waals surface area contributed by atoms with Crippen molar-refractivity contribution in [3.63, 3.8) is 0 Å². The van der Waals surface area contributed by atoms with Gasteiger partial charge in [0.2, 0.25) is 17.7 Å². The van der Waals surface area contributed by atoms with Crippen LogP contribution in [0, 0.1) is 6.92 Å². The van der Waals surface area contributed by atoms with Crippen LogP contribution in [0.4, 0.5) is 11.4 Å². The fourth-order valence-electron chi connectivity index (χ4n) is 2.92. The summed E-state index contributed by atoms with van der Waals surface area (Å²) in [6.45, 7) is 4.08. The van der Waals surface area contributed by atoms with E-state index in [1.807, 2.05) is 25.3 Å². The van der Waals surface area contributed by atoms with Gasteiger partial charge in [0.15, 0.2) is 0 Å². The number of benzene rings is 1. The Hall–Kier alpha value is -2.02. The monoisotopic (exact) mass is 363 g/mol. The smallest absolute Gasteiger partial charge is 0.246 e. The number of amides is 3. The minimum Gasteiger partial charge on any atom is -0.345 e. The van der Waals surface area contributed by atoms with Crippen molar-refractivity contribution < 1.29 is 14.4 Å². The molecule has 0 unspecified atom stereocenters. The van der Waals surface area contributed by atoms with Crippen molar-refractivity contribution in [3.8, 4) is 0 Å². The predicted octanol–water partition coefficient (Wildman–Crippen LogP) is 2.32. The van der Waals surface area contributed by atoms with Crippen molar-refractivity contribution in [3.05, 3.63) is 23.8 Å². The van der Waals surface area contributed by atoms with Gasteiger partial charge in [-0.05, 0) is 55.5 Å². The fourth-order valence-corrected chi connectivity index (χ4v) is 3.39. The normalized spacial score (nSPS) is 15.2. The Morgan fingerprint density at radius 3 is 2.68 bits per heavy atom. The van der Waals surface area contributed by atoms with Gasteiger partial charge in [-0.3, -0.25) is 14.4 Å². The van der Waals surface area contributed by atoms with Crippen LogP contribution in [-0.2, 0) is 14.4 Å². The molecule has 0 bridgehead atoms. The maximum absolute atomic E-state index is 12.5. The third-order valence-corrected chi connectivity index (χ3v) is 4.78. The van der Waals surface area contributed by atoms with E-state index < -0.39 is 6.04 Å². The second-order valence-corrected chi connectivity index (χ2v) is 7.16. The maximum Gasteiger partial charge on any atom is 0.246 e. The number of thioether (sulfide) groups is 1. The van der Waals surface area contributed by atoms with Crippen LogP contribution in [0.3, 0.4) is 0 Å². The molecule has 1 aromatic carbocycles. The van der Waals surface area contributed by atoms with Crippen LogP contribution in [0.25, 0.3) is 0 Å². The summed E-state index contributed by atoms with van der Waals surface area (Å²) >= 11 is 1.63. The van der Waals surface area contributed by atoms with Gasteiger partial charge in [0.05, 0.1) is 0 Å². The number of carbonyl (C=O) groups excluding carboxylic acids is 3. The Morgan fingerprint density at radius 2 is 2.12 bits per heavy atom. The van der Waals surface area contributed by atoms with Gasteiger partial charge in [-0.1, -0.05) is 0 Å². The highest BCUT2D eigenvalue weighted by atomic mass is 32.2. The van der Waals surface area contributed by atoms with Crippen molar-refractivity contribution in [1.82, 2.24) is 5.32 Å². The number of aryl methyl sites for hydroxylation is 1. The molecule has 1 heterocycles. The van der Waals surface area contributed by atoms with E-state index in [-0.39, 0.29) is 17.7 Å². The van der Waals surface area contributed by atoms with Gasteiger partial charge >= 0.3 is 0 Å². The first-order chi connectivity index (χ1) is 11.9. The van der Waals surface area contributed by atoms with Gasteiger partial charge < -0.3 is 15.5 Å². The summed E-state index contributed by atoms with van der Waals surface area (Å²) in [5, 5.41) is 5.55. The highest BCUT2D eigenvalue weighted by molar-refractivity contribution is 7.98. The van der Waals surface area contributed by atoms with Gasteiger partial charge in [0.25, 0.3) is 0 Å². The topological polar surface area (TPSA) is 78.5 Å². The second-order valence-electron chi connectivity index (χ2n) is 6.17. The Morgan fingerprint density at radius 1 is 1.36 bits per heavy atom. The molecule has 0 saturated carbocycles. The average Bonchev–Trinajstić information content (AvgIpc) is 2.97. The highest BCUT2D eigenvalue weighted by Crippen LogP contribution is 2.27. The van der Waals surface area contributed by atoms with E-state index in [4.69, 9.17) is 0 Å². The van der Waals surface area contributed by atoms with E-state index in [0.29, 0.717) is 18.5 Å². The van der Waals surface area contributed by atoms with E-state index in [1.54, 1.807) is 22.7 Å². The maximum atomic E-state index is 12.5. The first-order valence-corrected chi connectivity index (χ1v) is 9.79. The molecular weight excluding hydrogens is 338 g/mol. The van der Waals surface area contributed by atoms with E-state index in [2.05, 4.69) is 10.6 Å². The zero-order valence-corrected chi connectivity index (χ0v) is 15.7. The fraction of sp³-hybridized carbons (Fsp3) is 0.500. The van der Waals surface area contributed by atoms with Crippen LogP contribution in [0.15, 0.2) is 18.2 Å². The third-order valence-electron chi connectivity index (χ3n) is 4.13. The lowest BCUT2D eigenvalue weighted by molar-refractivity contribution is -0.125. The summed E-state index contributed by atoms with van der Waals surface area (Å²) < 4.78 is 0. The summed E-state index contributed by atoms with van der Waals surface area (Å²) in [5.41, 5.74) is 2.49. The molecule has 1 aliphatic heterocycles. The molecule has 1 aromatic rings. The number of nitrogens with one attached hydrogen (secondary N) is 2. The molecule has 25 heavy (non-hydrogen) atoms. The van der Waals surface area contributed by atoms with Crippen LogP contribution in [0.2, 0.25) is 0 Å². The van der Waals surface area contributed by atoms with E-state index >= 15 is 0 Å². The van der Waals surface area contributed by atoms with Crippen LogP contribution in [0.1, 0.15) is 31.7 Å². The predicted molar refractivity (Wildman–Crippen MR) is 102 cm³/mol. The molecule has 0 radical (unpaired) electrons. The number of rotatable bonds is 7. The SMILES string of the molecule is CSCC[C@H](NC(C)=O)C(=O)Nc1ccc(N2CCCC2=O)c(C)c1. The lowest BCUT2D eigenvalue weighted by Crippen LogP contribution is -2.43. The summed E-state index contributed by atoms with van der Waals surface area (Å²) in [6, 6.07) is 4.97. The third kappa shape index (κ3) is 5.22. The second kappa shape index (κ2) is 8.89. The van der Waals surface area contributed by atoms with E-state index in [0.717, 1.165) is 30.0 Å². The van der Waals surface area contributed by atoms with Crippen molar-refractivity contribution in [2.45, 2.75) is 39.2 Å². The van der Waals surface area contributed by atoms with Crippen molar-refractivity contribution >= 4 is 40.9 Å². The van der Waals surface area contributed by atoms with Crippen molar-refractivity contribution in [1.29, 1.82) is 0 Å². The molecule has 1 atom stereocenters. The molecule has 1 aliphatic rings. The first-order valence-electron chi connectivity index (χ1n) is 8.40. The molecule has 6 nitrogen and oxygen atoms in total.